The Kier molecular flexibility index (Phi) is 6.79. The number of sulfonamides is 1. The third-order valence-corrected chi connectivity index (χ3v) is 6.95. The van der Waals surface area contributed by atoms with Crippen molar-refractivity contribution in [2.75, 3.05) is 0 Å². The molecule has 1 amide bonds. The second-order valence-corrected chi connectivity index (χ2v) is 10.1. The molecule has 4 aromatic rings. The van der Waals surface area contributed by atoms with Crippen LogP contribution in [-0.4, -0.2) is 34.5 Å². The number of aromatic nitrogens is 2. The second-order valence-electron chi connectivity index (χ2n) is 8.47. The maximum atomic E-state index is 13.3. The van der Waals surface area contributed by atoms with E-state index in [0.717, 1.165) is 18.4 Å². The molecule has 182 valence electrons. The van der Waals surface area contributed by atoms with Gasteiger partial charge in [0.05, 0.1) is 22.2 Å². The van der Waals surface area contributed by atoms with Gasteiger partial charge >= 0.3 is 0 Å². The van der Waals surface area contributed by atoms with Gasteiger partial charge in [-0.3, -0.25) is 4.79 Å². The zero-order valence-electron chi connectivity index (χ0n) is 19.5. The Hall–Kier alpha value is -3.85. The number of aromatic hydroxyl groups is 2. The summed E-state index contributed by atoms with van der Waals surface area (Å²) in [7, 11) is -4.36. The number of H-pyrrole nitrogens is 1. The number of phenolic OH excluding ortho intramolecular Hbond substituents is 2. The van der Waals surface area contributed by atoms with E-state index in [4.69, 9.17) is 0 Å². The van der Waals surface area contributed by atoms with E-state index in [1.807, 2.05) is 24.6 Å². The zero-order valence-corrected chi connectivity index (χ0v) is 20.3. The van der Waals surface area contributed by atoms with Gasteiger partial charge in [-0.1, -0.05) is 61.7 Å². The molecule has 9 heteroatoms. The standard InChI is InChI=1S/C26H27N3O5S/c1-3-4-5-10-18-15-21(30)22(17-11-8-9-16(2)14-17)24(31)23(18)25(32)29-35(33,34)26-27-19-12-6-7-13-20(19)28-26/h6-9,11-15,30-31H,3-5,10H2,1-2H3,(H,27,28)(H,29,32). The van der Waals surface area contributed by atoms with E-state index < -0.39 is 26.8 Å². The van der Waals surface area contributed by atoms with Gasteiger partial charge in [-0.05, 0) is 49.1 Å². The average Bonchev–Trinajstić information content (AvgIpc) is 3.24. The van der Waals surface area contributed by atoms with Gasteiger partial charge in [-0.25, -0.2) is 9.71 Å². The minimum absolute atomic E-state index is 0.0687. The maximum Gasteiger partial charge on any atom is 0.298 e. The lowest BCUT2D eigenvalue weighted by Crippen LogP contribution is -2.32. The normalized spacial score (nSPS) is 11.6. The van der Waals surface area contributed by atoms with E-state index >= 15 is 0 Å². The predicted molar refractivity (Wildman–Crippen MR) is 134 cm³/mol. The molecule has 1 aromatic heterocycles. The summed E-state index contributed by atoms with van der Waals surface area (Å²) in [5.41, 5.74) is 2.60. The molecule has 3 aromatic carbocycles. The first-order chi connectivity index (χ1) is 16.7. The summed E-state index contributed by atoms with van der Waals surface area (Å²) >= 11 is 0. The zero-order chi connectivity index (χ0) is 25.2. The number of hydrogen-bond donors (Lipinski definition) is 4. The first-order valence-electron chi connectivity index (χ1n) is 11.4. The molecule has 0 radical (unpaired) electrons. The number of amides is 1. The van der Waals surface area contributed by atoms with Crippen molar-refractivity contribution in [3.8, 4) is 22.6 Å². The smallest absolute Gasteiger partial charge is 0.298 e. The molecule has 4 rings (SSSR count). The number of carbonyl (C=O) groups is 1. The van der Waals surface area contributed by atoms with Crippen LogP contribution in [0.5, 0.6) is 11.5 Å². The van der Waals surface area contributed by atoms with Gasteiger partial charge in [0, 0.05) is 0 Å². The first-order valence-corrected chi connectivity index (χ1v) is 12.9. The van der Waals surface area contributed by atoms with E-state index in [2.05, 4.69) is 9.97 Å². The van der Waals surface area contributed by atoms with Crippen LogP contribution < -0.4 is 4.72 Å². The van der Waals surface area contributed by atoms with E-state index in [0.29, 0.717) is 35.0 Å². The van der Waals surface area contributed by atoms with Crippen molar-refractivity contribution in [1.82, 2.24) is 14.7 Å². The minimum Gasteiger partial charge on any atom is -0.507 e. The third kappa shape index (κ3) is 5.00. The first kappa shape index (κ1) is 24.3. The van der Waals surface area contributed by atoms with Gasteiger partial charge < -0.3 is 15.2 Å². The molecular formula is C26H27N3O5S. The van der Waals surface area contributed by atoms with Crippen LogP contribution in [-0.2, 0) is 16.4 Å². The molecule has 1 heterocycles. The van der Waals surface area contributed by atoms with Crippen LogP contribution in [0, 0.1) is 6.92 Å². The van der Waals surface area contributed by atoms with Crippen LogP contribution in [0.3, 0.4) is 0 Å². The Bertz CT molecular complexity index is 1480. The van der Waals surface area contributed by atoms with Crippen LogP contribution in [0.4, 0.5) is 0 Å². The molecule has 0 aliphatic rings. The summed E-state index contributed by atoms with van der Waals surface area (Å²) in [4.78, 5) is 20.1. The summed E-state index contributed by atoms with van der Waals surface area (Å²) in [6.45, 7) is 3.90. The lowest BCUT2D eigenvalue weighted by molar-refractivity contribution is 0.0977. The highest BCUT2D eigenvalue weighted by Crippen LogP contribution is 2.42. The number of aryl methyl sites for hydroxylation is 2. The molecule has 0 aliphatic heterocycles. The van der Waals surface area contributed by atoms with E-state index in [1.54, 1.807) is 42.5 Å². The average molecular weight is 494 g/mol. The van der Waals surface area contributed by atoms with Crippen molar-refractivity contribution in [2.45, 2.75) is 44.7 Å². The Morgan fingerprint density at radius 2 is 1.83 bits per heavy atom. The Balaban J connectivity index is 1.78. The Morgan fingerprint density at radius 1 is 1.06 bits per heavy atom. The molecule has 0 fully saturated rings. The fourth-order valence-electron chi connectivity index (χ4n) is 4.09. The van der Waals surface area contributed by atoms with Gasteiger partial charge in [0.15, 0.2) is 0 Å². The van der Waals surface area contributed by atoms with Crippen LogP contribution in [0.25, 0.3) is 22.2 Å². The number of aromatic amines is 1. The van der Waals surface area contributed by atoms with Crippen molar-refractivity contribution < 1.29 is 23.4 Å². The molecule has 0 atom stereocenters. The van der Waals surface area contributed by atoms with E-state index in [9.17, 15) is 23.4 Å². The summed E-state index contributed by atoms with van der Waals surface area (Å²) in [6, 6.07) is 15.3. The number of hydrogen-bond acceptors (Lipinski definition) is 6. The topological polar surface area (TPSA) is 132 Å². The largest absolute Gasteiger partial charge is 0.507 e. The second kappa shape index (κ2) is 9.79. The molecule has 35 heavy (non-hydrogen) atoms. The summed E-state index contributed by atoms with van der Waals surface area (Å²) < 4.78 is 28.0. The fourth-order valence-corrected chi connectivity index (χ4v) is 4.99. The summed E-state index contributed by atoms with van der Waals surface area (Å²) in [6.07, 6.45) is 2.90. The van der Waals surface area contributed by atoms with Gasteiger partial charge in [0.1, 0.15) is 11.5 Å². The highest BCUT2D eigenvalue weighted by Gasteiger charge is 2.28. The molecule has 0 bridgehead atoms. The van der Waals surface area contributed by atoms with Crippen LogP contribution in [0.15, 0.2) is 59.8 Å². The van der Waals surface area contributed by atoms with E-state index in [1.165, 1.54) is 6.07 Å². The van der Waals surface area contributed by atoms with Gasteiger partial charge in [-0.2, -0.15) is 8.42 Å². The number of para-hydroxylation sites is 2. The molecule has 0 saturated heterocycles. The van der Waals surface area contributed by atoms with Gasteiger partial charge in [-0.15, -0.1) is 0 Å². The highest BCUT2D eigenvalue weighted by atomic mass is 32.2. The number of phenols is 2. The summed E-state index contributed by atoms with van der Waals surface area (Å²) in [5.74, 6) is -1.65. The predicted octanol–water partition coefficient (Wildman–Crippen LogP) is 4.80. The Labute approximate surface area is 203 Å². The minimum atomic E-state index is -4.36. The molecule has 0 aliphatic carbocycles. The summed E-state index contributed by atoms with van der Waals surface area (Å²) in [5, 5.41) is 21.5. The van der Waals surface area contributed by atoms with Crippen molar-refractivity contribution in [3.63, 3.8) is 0 Å². The van der Waals surface area contributed by atoms with Crippen molar-refractivity contribution in [3.05, 3.63) is 71.3 Å². The number of unbranched alkanes of at least 4 members (excludes halogenated alkanes) is 2. The molecular weight excluding hydrogens is 466 g/mol. The number of imidazole rings is 1. The number of fused-ring (bicyclic) bond motifs is 1. The molecule has 8 nitrogen and oxygen atoms in total. The number of nitrogens with zero attached hydrogens (tertiary/aromatic N) is 1. The fraction of sp³-hybridized carbons (Fsp3) is 0.231. The monoisotopic (exact) mass is 493 g/mol. The number of rotatable bonds is 8. The van der Waals surface area contributed by atoms with Crippen molar-refractivity contribution in [2.24, 2.45) is 0 Å². The number of carbonyl (C=O) groups excluding carboxylic acids is 1. The molecule has 0 spiro atoms. The molecule has 0 saturated carbocycles. The van der Waals surface area contributed by atoms with Crippen LogP contribution >= 0.6 is 0 Å². The van der Waals surface area contributed by atoms with Gasteiger partial charge in [0.2, 0.25) is 5.16 Å². The maximum absolute atomic E-state index is 13.3. The van der Waals surface area contributed by atoms with E-state index in [-0.39, 0.29) is 16.9 Å². The highest BCUT2D eigenvalue weighted by molar-refractivity contribution is 7.89. The number of nitrogens with one attached hydrogen (secondary N) is 2. The van der Waals surface area contributed by atoms with Gasteiger partial charge in [0.25, 0.3) is 15.9 Å². The third-order valence-electron chi connectivity index (χ3n) is 5.79. The number of benzene rings is 3. The van der Waals surface area contributed by atoms with Crippen molar-refractivity contribution in [1.29, 1.82) is 0 Å². The van der Waals surface area contributed by atoms with Crippen molar-refractivity contribution >= 4 is 27.0 Å². The Morgan fingerprint density at radius 3 is 2.54 bits per heavy atom. The molecule has 4 N–H and O–H groups in total. The SMILES string of the molecule is CCCCCc1cc(O)c(-c2cccc(C)c2)c(O)c1C(=O)NS(=O)(=O)c1nc2ccccc2[nH]1. The molecule has 0 unspecified atom stereocenters. The van der Waals surface area contributed by atoms with Crippen LogP contribution in [0.2, 0.25) is 0 Å². The quantitative estimate of drug-likeness (QED) is 0.261. The lowest BCUT2D eigenvalue weighted by Gasteiger charge is -2.17. The van der Waals surface area contributed by atoms with Crippen LogP contribution in [0.1, 0.15) is 47.7 Å². The lowest BCUT2D eigenvalue weighted by atomic mass is 9.92.